The number of carbonyl (C=O) groups is 1. The van der Waals surface area contributed by atoms with Crippen LogP contribution in [0.1, 0.15) is 17.4 Å². The van der Waals surface area contributed by atoms with Crippen LogP contribution in [-0.2, 0) is 0 Å². The Bertz CT molecular complexity index is 231. The molecule has 0 amide bonds. The fraction of sp³-hybridized carbons (Fsp3) is 0.200. The SMILES string of the molecule is CC(=O)c1coc(Cl)n1. The highest BCUT2D eigenvalue weighted by Crippen LogP contribution is 2.06. The van der Waals surface area contributed by atoms with Crippen molar-refractivity contribution in [2.24, 2.45) is 0 Å². The van der Waals surface area contributed by atoms with Crippen LogP contribution in [0, 0.1) is 0 Å². The van der Waals surface area contributed by atoms with E-state index >= 15 is 0 Å². The molecular weight excluding hydrogens is 142 g/mol. The van der Waals surface area contributed by atoms with Gasteiger partial charge < -0.3 is 4.42 Å². The molecule has 0 bridgehead atoms. The molecule has 0 aliphatic rings. The van der Waals surface area contributed by atoms with E-state index in [4.69, 9.17) is 11.6 Å². The molecule has 0 unspecified atom stereocenters. The molecule has 0 N–H and O–H groups in total. The maximum Gasteiger partial charge on any atom is 0.292 e. The summed E-state index contributed by atoms with van der Waals surface area (Å²) in [4.78, 5) is 14.0. The van der Waals surface area contributed by atoms with Crippen LogP contribution in [0.3, 0.4) is 0 Å². The zero-order chi connectivity index (χ0) is 6.85. The van der Waals surface area contributed by atoms with Gasteiger partial charge >= 0.3 is 0 Å². The van der Waals surface area contributed by atoms with Crippen molar-refractivity contribution in [1.82, 2.24) is 4.98 Å². The Balaban J connectivity index is 2.98. The van der Waals surface area contributed by atoms with E-state index in [0.29, 0.717) is 0 Å². The van der Waals surface area contributed by atoms with Gasteiger partial charge in [-0.3, -0.25) is 4.79 Å². The van der Waals surface area contributed by atoms with E-state index in [1.807, 2.05) is 0 Å². The second-order valence-electron chi connectivity index (χ2n) is 1.54. The predicted molar refractivity (Wildman–Crippen MR) is 31.5 cm³/mol. The summed E-state index contributed by atoms with van der Waals surface area (Å²) in [6.07, 6.45) is 1.23. The first-order chi connectivity index (χ1) is 4.20. The molecule has 4 heteroatoms. The van der Waals surface area contributed by atoms with E-state index in [2.05, 4.69) is 9.40 Å². The summed E-state index contributed by atoms with van der Waals surface area (Å²) < 4.78 is 4.56. The fourth-order valence-electron chi connectivity index (χ4n) is 0.414. The number of aromatic nitrogens is 1. The van der Waals surface area contributed by atoms with Crippen molar-refractivity contribution < 1.29 is 9.21 Å². The van der Waals surface area contributed by atoms with E-state index in [0.717, 1.165) is 0 Å². The molecule has 3 nitrogen and oxygen atoms in total. The minimum Gasteiger partial charge on any atom is -0.435 e. The maximum absolute atomic E-state index is 10.5. The second kappa shape index (κ2) is 2.19. The van der Waals surface area contributed by atoms with Gasteiger partial charge in [-0.2, -0.15) is 4.98 Å². The minimum absolute atomic E-state index is 0.000185. The molecule has 0 saturated carbocycles. The van der Waals surface area contributed by atoms with Crippen molar-refractivity contribution in [2.45, 2.75) is 6.92 Å². The van der Waals surface area contributed by atoms with E-state index in [9.17, 15) is 4.79 Å². The summed E-state index contributed by atoms with van der Waals surface area (Å²) >= 11 is 5.27. The van der Waals surface area contributed by atoms with Crippen LogP contribution < -0.4 is 0 Å². The van der Waals surface area contributed by atoms with Gasteiger partial charge in [-0.05, 0) is 11.6 Å². The Kier molecular flexibility index (Phi) is 1.53. The monoisotopic (exact) mass is 145 g/mol. The number of nitrogens with zero attached hydrogens (tertiary/aromatic N) is 1. The second-order valence-corrected chi connectivity index (χ2v) is 1.87. The third-order valence-corrected chi connectivity index (χ3v) is 1.01. The average molecular weight is 146 g/mol. The molecule has 1 rings (SSSR count). The fourth-order valence-corrected chi connectivity index (χ4v) is 0.549. The van der Waals surface area contributed by atoms with E-state index in [1.165, 1.54) is 13.2 Å². The number of oxazole rings is 1. The van der Waals surface area contributed by atoms with Gasteiger partial charge in [0.15, 0.2) is 5.78 Å². The van der Waals surface area contributed by atoms with Crippen LogP contribution in [0.25, 0.3) is 0 Å². The smallest absolute Gasteiger partial charge is 0.292 e. The topological polar surface area (TPSA) is 43.1 Å². The number of Topliss-reactive ketones (excluding diaryl/α,β-unsaturated/α-hetero) is 1. The Morgan fingerprint density at radius 1 is 1.89 bits per heavy atom. The normalized spacial score (nSPS) is 9.56. The number of ketones is 1. The highest BCUT2D eigenvalue weighted by atomic mass is 35.5. The van der Waals surface area contributed by atoms with E-state index in [-0.39, 0.29) is 16.8 Å². The summed E-state index contributed by atoms with van der Waals surface area (Å²) in [6.45, 7) is 1.40. The van der Waals surface area contributed by atoms with E-state index in [1.54, 1.807) is 0 Å². The Morgan fingerprint density at radius 2 is 2.56 bits per heavy atom. The minimum atomic E-state index is -0.148. The number of carbonyl (C=O) groups excluding carboxylic acids is 1. The van der Waals surface area contributed by atoms with E-state index < -0.39 is 0 Å². The molecule has 1 aromatic heterocycles. The number of halogens is 1. The first kappa shape index (κ1) is 6.29. The Labute approximate surface area is 56.6 Å². The molecule has 1 aromatic rings. The van der Waals surface area contributed by atoms with Crippen molar-refractivity contribution in [2.75, 3.05) is 0 Å². The molecular formula is C5H4ClNO2. The Hall–Kier alpha value is -0.830. The summed E-state index contributed by atoms with van der Waals surface area (Å²) in [5, 5.41) is 0.000185. The molecule has 1 heterocycles. The molecule has 0 fully saturated rings. The molecule has 48 valence electrons. The van der Waals surface area contributed by atoms with Gasteiger partial charge in [0.25, 0.3) is 5.35 Å². The largest absolute Gasteiger partial charge is 0.435 e. The number of rotatable bonds is 1. The number of hydrogen-bond acceptors (Lipinski definition) is 3. The lowest BCUT2D eigenvalue weighted by molar-refractivity contribution is 0.101. The molecule has 0 aliphatic heterocycles. The molecule has 0 aromatic carbocycles. The quantitative estimate of drug-likeness (QED) is 0.563. The van der Waals surface area contributed by atoms with Gasteiger partial charge in [0, 0.05) is 6.92 Å². The molecule has 9 heavy (non-hydrogen) atoms. The van der Waals surface area contributed by atoms with Crippen LogP contribution in [0.2, 0.25) is 5.35 Å². The van der Waals surface area contributed by atoms with Gasteiger partial charge in [0.1, 0.15) is 12.0 Å². The van der Waals surface area contributed by atoms with Crippen LogP contribution in [0.5, 0.6) is 0 Å². The highest BCUT2D eigenvalue weighted by molar-refractivity contribution is 6.27. The van der Waals surface area contributed by atoms with Crippen LogP contribution in [-0.4, -0.2) is 10.8 Å². The third-order valence-electron chi connectivity index (χ3n) is 0.837. The molecule has 0 saturated heterocycles. The predicted octanol–water partition coefficient (Wildman–Crippen LogP) is 1.53. The standard InChI is InChI=1S/C5H4ClNO2/c1-3(8)4-2-9-5(6)7-4/h2H,1H3. The Morgan fingerprint density at radius 3 is 2.78 bits per heavy atom. The lowest BCUT2D eigenvalue weighted by Crippen LogP contribution is -1.89. The first-order valence-electron chi connectivity index (χ1n) is 2.32. The molecule has 0 atom stereocenters. The van der Waals surface area contributed by atoms with Crippen molar-refractivity contribution in [1.29, 1.82) is 0 Å². The zero-order valence-corrected chi connectivity index (χ0v) is 5.47. The lowest BCUT2D eigenvalue weighted by atomic mass is 10.4. The summed E-state index contributed by atoms with van der Waals surface area (Å²) in [7, 11) is 0. The summed E-state index contributed by atoms with van der Waals surface area (Å²) in [6, 6.07) is 0. The van der Waals surface area contributed by atoms with Crippen molar-refractivity contribution in [3.05, 3.63) is 17.3 Å². The van der Waals surface area contributed by atoms with Crippen molar-refractivity contribution in [3.8, 4) is 0 Å². The molecule has 0 spiro atoms. The van der Waals surface area contributed by atoms with Crippen LogP contribution in [0.15, 0.2) is 10.7 Å². The van der Waals surface area contributed by atoms with Crippen LogP contribution >= 0.6 is 11.6 Å². The number of hydrogen-bond donors (Lipinski definition) is 0. The van der Waals surface area contributed by atoms with Crippen molar-refractivity contribution in [3.63, 3.8) is 0 Å². The lowest BCUT2D eigenvalue weighted by Gasteiger charge is -1.76. The van der Waals surface area contributed by atoms with Crippen molar-refractivity contribution >= 4 is 17.4 Å². The van der Waals surface area contributed by atoms with Gasteiger partial charge in [-0.25, -0.2) is 0 Å². The maximum atomic E-state index is 10.5. The molecule has 0 radical (unpaired) electrons. The summed E-state index contributed by atoms with van der Waals surface area (Å²) in [5.74, 6) is -0.148. The van der Waals surface area contributed by atoms with Gasteiger partial charge in [-0.1, -0.05) is 0 Å². The van der Waals surface area contributed by atoms with Gasteiger partial charge in [0.05, 0.1) is 0 Å². The molecule has 0 aliphatic carbocycles. The third kappa shape index (κ3) is 1.29. The highest BCUT2D eigenvalue weighted by Gasteiger charge is 2.03. The van der Waals surface area contributed by atoms with Crippen LogP contribution in [0.4, 0.5) is 0 Å². The average Bonchev–Trinajstić information content (AvgIpc) is 2.14. The van der Waals surface area contributed by atoms with Gasteiger partial charge in [0.2, 0.25) is 0 Å². The summed E-state index contributed by atoms with van der Waals surface area (Å²) in [5.41, 5.74) is 0.264. The van der Waals surface area contributed by atoms with Gasteiger partial charge in [-0.15, -0.1) is 0 Å². The zero-order valence-electron chi connectivity index (χ0n) is 4.72. The first-order valence-corrected chi connectivity index (χ1v) is 2.70.